The summed E-state index contributed by atoms with van der Waals surface area (Å²) >= 11 is 0. The third kappa shape index (κ3) is 3.57. The lowest BCUT2D eigenvalue weighted by Gasteiger charge is -2.34. The minimum atomic E-state index is -0.500. The highest BCUT2D eigenvalue weighted by Crippen LogP contribution is 2.45. The molecule has 2 aromatic rings. The van der Waals surface area contributed by atoms with Crippen LogP contribution in [0, 0.1) is 11.3 Å². The van der Waals surface area contributed by atoms with E-state index in [1.165, 1.54) is 0 Å². The third-order valence-electron chi connectivity index (χ3n) is 6.16. The third-order valence-corrected chi connectivity index (χ3v) is 6.16. The predicted molar refractivity (Wildman–Crippen MR) is 110 cm³/mol. The first-order valence-electron chi connectivity index (χ1n) is 10.1. The van der Waals surface area contributed by atoms with Crippen molar-refractivity contribution in [3.8, 4) is 0 Å². The number of pyridine rings is 2. The normalized spacial score (nSPS) is 24.0. The molecule has 0 radical (unpaired) electrons. The second-order valence-electron chi connectivity index (χ2n) is 8.19. The van der Waals surface area contributed by atoms with E-state index in [4.69, 9.17) is 0 Å². The Hall–Kier alpha value is -2.96. The Balaban J connectivity index is 1.64. The van der Waals surface area contributed by atoms with Crippen molar-refractivity contribution in [1.82, 2.24) is 19.8 Å². The number of likely N-dealkylation sites (tertiary alicyclic amines) is 1. The standard InChI is InChI=1S/C22H27N5O2/c1-25(2)21(29)22-10-7-13-26(20(28)18-8-3-5-11-23-18)14-17(22)15-27(16-22)19-9-4-6-12-24-19/h3-6,8-9,11-12,17H,7,10,13-16H2,1-2H3/t17-,22+/m1/s1. The van der Waals surface area contributed by atoms with E-state index < -0.39 is 5.41 Å². The van der Waals surface area contributed by atoms with Gasteiger partial charge in [0, 0.05) is 58.6 Å². The molecule has 2 saturated heterocycles. The molecule has 0 unspecified atom stereocenters. The Labute approximate surface area is 171 Å². The van der Waals surface area contributed by atoms with Crippen molar-refractivity contribution in [2.75, 3.05) is 45.2 Å². The summed E-state index contributed by atoms with van der Waals surface area (Å²) in [6.07, 6.45) is 4.99. The molecule has 2 fully saturated rings. The van der Waals surface area contributed by atoms with Crippen LogP contribution in [0.5, 0.6) is 0 Å². The molecule has 2 aliphatic rings. The number of nitrogens with zero attached hydrogens (tertiary/aromatic N) is 5. The van der Waals surface area contributed by atoms with Crippen molar-refractivity contribution >= 4 is 17.6 Å². The average molecular weight is 393 g/mol. The van der Waals surface area contributed by atoms with Gasteiger partial charge in [0.2, 0.25) is 5.91 Å². The van der Waals surface area contributed by atoms with Gasteiger partial charge < -0.3 is 14.7 Å². The van der Waals surface area contributed by atoms with Crippen molar-refractivity contribution < 1.29 is 9.59 Å². The van der Waals surface area contributed by atoms with Gasteiger partial charge in [-0.15, -0.1) is 0 Å². The molecule has 2 amide bonds. The molecule has 2 aromatic heterocycles. The monoisotopic (exact) mass is 393 g/mol. The lowest BCUT2D eigenvalue weighted by atomic mass is 9.74. The number of fused-ring (bicyclic) bond motifs is 1. The Morgan fingerprint density at radius 3 is 2.48 bits per heavy atom. The van der Waals surface area contributed by atoms with Gasteiger partial charge >= 0.3 is 0 Å². The van der Waals surface area contributed by atoms with E-state index >= 15 is 0 Å². The Morgan fingerprint density at radius 1 is 1.07 bits per heavy atom. The van der Waals surface area contributed by atoms with Crippen LogP contribution in [0.2, 0.25) is 0 Å². The fourth-order valence-corrected chi connectivity index (χ4v) is 4.78. The van der Waals surface area contributed by atoms with Gasteiger partial charge in [-0.3, -0.25) is 14.6 Å². The summed E-state index contributed by atoms with van der Waals surface area (Å²) in [4.78, 5) is 40.9. The highest BCUT2D eigenvalue weighted by Gasteiger charge is 2.54. The molecule has 152 valence electrons. The van der Waals surface area contributed by atoms with E-state index in [0.717, 1.165) is 18.7 Å². The molecular formula is C22H27N5O2. The maximum atomic E-state index is 13.3. The molecule has 0 aliphatic carbocycles. The molecule has 2 atom stereocenters. The first-order chi connectivity index (χ1) is 14.0. The molecule has 0 N–H and O–H groups in total. The molecule has 0 aromatic carbocycles. The van der Waals surface area contributed by atoms with Gasteiger partial charge in [-0.05, 0) is 37.1 Å². The summed E-state index contributed by atoms with van der Waals surface area (Å²) < 4.78 is 0. The fraction of sp³-hybridized carbons (Fsp3) is 0.455. The molecule has 4 rings (SSSR count). The molecule has 7 heteroatoms. The molecule has 29 heavy (non-hydrogen) atoms. The van der Waals surface area contributed by atoms with Crippen molar-refractivity contribution in [1.29, 1.82) is 0 Å². The zero-order valence-corrected chi connectivity index (χ0v) is 17.0. The molecule has 4 heterocycles. The van der Waals surface area contributed by atoms with E-state index in [0.29, 0.717) is 31.9 Å². The van der Waals surface area contributed by atoms with Gasteiger partial charge in [0.1, 0.15) is 11.5 Å². The van der Waals surface area contributed by atoms with Crippen LogP contribution in [0.1, 0.15) is 23.3 Å². The summed E-state index contributed by atoms with van der Waals surface area (Å²) in [7, 11) is 3.64. The second-order valence-corrected chi connectivity index (χ2v) is 8.19. The van der Waals surface area contributed by atoms with Crippen LogP contribution < -0.4 is 4.90 Å². The van der Waals surface area contributed by atoms with E-state index in [2.05, 4.69) is 14.9 Å². The maximum absolute atomic E-state index is 13.3. The Kier molecular flexibility index (Phi) is 5.22. The number of anilines is 1. The first-order valence-corrected chi connectivity index (χ1v) is 10.1. The van der Waals surface area contributed by atoms with Gasteiger partial charge in [0.15, 0.2) is 0 Å². The lowest BCUT2D eigenvalue weighted by Crippen LogP contribution is -2.47. The van der Waals surface area contributed by atoms with Crippen LogP contribution in [-0.4, -0.2) is 71.9 Å². The van der Waals surface area contributed by atoms with Crippen molar-refractivity contribution in [3.05, 3.63) is 54.5 Å². The second kappa shape index (κ2) is 7.81. The molecular weight excluding hydrogens is 366 g/mol. The minimum absolute atomic E-state index is 0.0505. The summed E-state index contributed by atoms with van der Waals surface area (Å²) in [6.45, 7) is 2.55. The smallest absolute Gasteiger partial charge is 0.272 e. The first kappa shape index (κ1) is 19.4. The molecule has 2 aliphatic heterocycles. The SMILES string of the molecule is CN(C)C(=O)[C@]12CCCN(C(=O)c3ccccn3)C[C@@H]1CN(c1ccccn1)C2. The Bertz CT molecular complexity index is 873. The van der Waals surface area contributed by atoms with E-state index in [9.17, 15) is 9.59 Å². The van der Waals surface area contributed by atoms with Gasteiger partial charge in [-0.25, -0.2) is 4.98 Å². The summed E-state index contributed by atoms with van der Waals surface area (Å²) in [6, 6.07) is 11.2. The van der Waals surface area contributed by atoms with Gasteiger partial charge in [-0.2, -0.15) is 0 Å². The molecule has 0 saturated carbocycles. The van der Waals surface area contributed by atoms with Crippen LogP contribution >= 0.6 is 0 Å². The van der Waals surface area contributed by atoms with Crippen molar-refractivity contribution in [2.45, 2.75) is 12.8 Å². The lowest BCUT2D eigenvalue weighted by molar-refractivity contribution is -0.141. The number of carbonyl (C=O) groups excluding carboxylic acids is 2. The predicted octanol–water partition coefficient (Wildman–Crippen LogP) is 1.92. The zero-order chi connectivity index (χ0) is 20.4. The molecule has 0 bridgehead atoms. The van der Waals surface area contributed by atoms with Crippen LogP contribution in [0.15, 0.2) is 48.8 Å². The number of carbonyl (C=O) groups is 2. The van der Waals surface area contributed by atoms with Gasteiger partial charge in [-0.1, -0.05) is 12.1 Å². The summed E-state index contributed by atoms with van der Waals surface area (Å²) in [5.74, 6) is 1.02. The number of hydrogen-bond donors (Lipinski definition) is 0. The minimum Gasteiger partial charge on any atom is -0.355 e. The summed E-state index contributed by atoms with van der Waals surface area (Å²) in [5, 5.41) is 0. The highest BCUT2D eigenvalue weighted by molar-refractivity contribution is 5.92. The topological polar surface area (TPSA) is 69.6 Å². The number of rotatable bonds is 3. The average Bonchev–Trinajstić information content (AvgIpc) is 3.02. The largest absolute Gasteiger partial charge is 0.355 e. The van der Waals surface area contributed by atoms with Gasteiger partial charge in [0.25, 0.3) is 5.91 Å². The fourth-order valence-electron chi connectivity index (χ4n) is 4.78. The van der Waals surface area contributed by atoms with Crippen LogP contribution in [0.4, 0.5) is 5.82 Å². The van der Waals surface area contributed by atoms with Crippen molar-refractivity contribution in [3.63, 3.8) is 0 Å². The number of hydrogen-bond acceptors (Lipinski definition) is 5. The molecule has 0 spiro atoms. The van der Waals surface area contributed by atoms with E-state index in [-0.39, 0.29) is 17.7 Å². The quantitative estimate of drug-likeness (QED) is 0.797. The highest BCUT2D eigenvalue weighted by atomic mass is 16.2. The maximum Gasteiger partial charge on any atom is 0.272 e. The number of aromatic nitrogens is 2. The van der Waals surface area contributed by atoms with Crippen molar-refractivity contribution in [2.24, 2.45) is 11.3 Å². The Morgan fingerprint density at radius 2 is 1.83 bits per heavy atom. The van der Waals surface area contributed by atoms with E-state index in [1.54, 1.807) is 23.4 Å². The van der Waals surface area contributed by atoms with Crippen LogP contribution in [0.3, 0.4) is 0 Å². The van der Waals surface area contributed by atoms with Gasteiger partial charge in [0.05, 0.1) is 5.41 Å². The zero-order valence-electron chi connectivity index (χ0n) is 17.0. The summed E-state index contributed by atoms with van der Waals surface area (Å²) in [5.41, 5.74) is -0.0429. The van der Waals surface area contributed by atoms with Crippen LogP contribution in [-0.2, 0) is 4.79 Å². The van der Waals surface area contributed by atoms with E-state index in [1.807, 2.05) is 49.3 Å². The molecule has 7 nitrogen and oxygen atoms in total. The van der Waals surface area contributed by atoms with Crippen LogP contribution in [0.25, 0.3) is 0 Å². The number of amides is 2.